The molecule has 57 heavy (non-hydrogen) atoms. The minimum absolute atomic E-state index is 0.118. The largest absolute Gasteiger partial charge is 0.493 e. The van der Waals surface area contributed by atoms with Gasteiger partial charge in [0.05, 0.1) is 50.3 Å². The summed E-state index contributed by atoms with van der Waals surface area (Å²) in [5.41, 5.74) is 6.40. The minimum atomic E-state index is -0.606. The summed E-state index contributed by atoms with van der Waals surface area (Å²) in [6.45, 7) is 6.30. The summed E-state index contributed by atoms with van der Waals surface area (Å²) < 4.78 is 36.5. The van der Waals surface area contributed by atoms with Crippen LogP contribution in [-0.2, 0) is 22.5 Å². The Bertz CT molecular complexity index is 2430. The molecule has 0 saturated heterocycles. The average Bonchev–Trinajstić information content (AvgIpc) is 3.71. The number of fused-ring (bicyclic) bond motifs is 2. The van der Waals surface area contributed by atoms with E-state index in [1.165, 1.54) is 28.4 Å². The number of hydrogen-bond donors (Lipinski definition) is 0. The van der Waals surface area contributed by atoms with Gasteiger partial charge in [-0.15, -0.1) is 11.3 Å². The standard InChI is InChI=1S/C46H44FN3O6S/c1-46(2,3)32-23-31(20-29-21-38(53-4)43(55-6)39(22-29)54-5)42-35(24-32)41(34-14-10-11-15-36(34)48-42)44(52)56-26-40(51)50(25-28-12-8-7-9-13-28)45-49-37(27-57-45)30-16-18-33(47)19-17-30/h7-22,27,32H,23-26H2,1-6H3/b31-20-. The van der Waals surface area contributed by atoms with Crippen molar-refractivity contribution in [3.63, 3.8) is 0 Å². The smallest absolute Gasteiger partial charge is 0.339 e. The number of carbonyl (C=O) groups excluding carboxylic acids is 2. The number of methoxy groups -OCH3 is 3. The highest BCUT2D eigenvalue weighted by molar-refractivity contribution is 7.14. The fourth-order valence-electron chi connectivity index (χ4n) is 7.20. The first-order valence-electron chi connectivity index (χ1n) is 18.6. The van der Waals surface area contributed by atoms with Gasteiger partial charge in [-0.25, -0.2) is 19.2 Å². The Labute approximate surface area is 335 Å². The third-order valence-electron chi connectivity index (χ3n) is 10.3. The summed E-state index contributed by atoms with van der Waals surface area (Å²) in [6, 6.07) is 26.9. The molecule has 1 aliphatic carbocycles. The molecule has 2 heterocycles. The summed E-state index contributed by atoms with van der Waals surface area (Å²) in [7, 11) is 4.73. The topological polar surface area (TPSA) is 100 Å². The molecule has 1 aliphatic rings. The first-order chi connectivity index (χ1) is 27.5. The number of ether oxygens (including phenoxy) is 4. The van der Waals surface area contributed by atoms with Crippen LogP contribution in [0.4, 0.5) is 9.52 Å². The van der Waals surface area contributed by atoms with Crippen LogP contribution in [0.25, 0.3) is 33.8 Å². The van der Waals surface area contributed by atoms with Gasteiger partial charge in [0, 0.05) is 16.3 Å². The highest BCUT2D eigenvalue weighted by atomic mass is 32.1. The summed E-state index contributed by atoms with van der Waals surface area (Å²) in [5.74, 6) is 0.307. The molecule has 0 radical (unpaired) electrons. The number of rotatable bonds is 11. The summed E-state index contributed by atoms with van der Waals surface area (Å²) in [5, 5.41) is 2.91. The van der Waals surface area contributed by atoms with Gasteiger partial charge in [0.15, 0.2) is 23.2 Å². The van der Waals surface area contributed by atoms with E-state index in [1.54, 1.807) is 33.5 Å². The number of halogens is 1. The van der Waals surface area contributed by atoms with E-state index in [0.29, 0.717) is 63.1 Å². The second kappa shape index (κ2) is 16.6. The number of nitrogens with zero attached hydrogens (tertiary/aromatic N) is 3. The SMILES string of the molecule is COc1cc(/C=C2/CC(C(C)(C)C)Cc3c2nc2ccccc2c3C(=O)OCC(=O)N(Cc2ccccc2)c2nc(-c3ccc(F)cc3)cs2)cc(OC)c1OC. The number of amides is 1. The predicted octanol–water partition coefficient (Wildman–Crippen LogP) is 10.1. The number of aromatic nitrogens is 2. The van der Waals surface area contributed by atoms with Crippen molar-refractivity contribution in [2.75, 3.05) is 32.8 Å². The number of carbonyl (C=O) groups is 2. The first kappa shape index (κ1) is 39.2. The molecule has 1 unspecified atom stereocenters. The fraction of sp³-hybridized carbons (Fsp3) is 0.261. The Balaban J connectivity index is 1.26. The van der Waals surface area contributed by atoms with Crippen molar-refractivity contribution in [3.8, 4) is 28.5 Å². The molecule has 1 amide bonds. The number of thiazole rings is 1. The van der Waals surface area contributed by atoms with Crippen molar-refractivity contribution in [2.45, 2.75) is 40.2 Å². The van der Waals surface area contributed by atoms with Crippen LogP contribution in [0.5, 0.6) is 17.2 Å². The molecule has 0 fully saturated rings. The lowest BCUT2D eigenvalue weighted by Crippen LogP contribution is -2.34. The normalized spacial score (nSPS) is 14.6. The van der Waals surface area contributed by atoms with E-state index in [4.69, 9.17) is 28.9 Å². The van der Waals surface area contributed by atoms with E-state index < -0.39 is 18.5 Å². The monoisotopic (exact) mass is 785 g/mol. The maximum atomic E-state index is 14.5. The van der Waals surface area contributed by atoms with Crippen molar-refractivity contribution < 1.29 is 32.9 Å². The molecular weight excluding hydrogens is 742 g/mol. The highest BCUT2D eigenvalue weighted by Crippen LogP contribution is 2.46. The lowest BCUT2D eigenvalue weighted by atomic mass is 9.69. The molecule has 0 bridgehead atoms. The quantitative estimate of drug-likeness (QED) is 0.120. The van der Waals surface area contributed by atoms with Gasteiger partial charge in [0.25, 0.3) is 5.91 Å². The number of benzene rings is 4. The third kappa shape index (κ3) is 8.39. The Morgan fingerprint density at radius 2 is 1.56 bits per heavy atom. The molecule has 0 N–H and O–H groups in total. The van der Waals surface area contributed by atoms with Crippen molar-refractivity contribution in [1.82, 2.24) is 9.97 Å². The maximum absolute atomic E-state index is 14.5. The van der Waals surface area contributed by atoms with Crippen LogP contribution in [0.2, 0.25) is 0 Å². The Morgan fingerprint density at radius 3 is 2.23 bits per heavy atom. The van der Waals surface area contributed by atoms with Crippen LogP contribution < -0.4 is 19.1 Å². The molecule has 0 saturated carbocycles. The van der Waals surface area contributed by atoms with Gasteiger partial charge < -0.3 is 18.9 Å². The zero-order chi connectivity index (χ0) is 40.3. The molecule has 0 spiro atoms. The zero-order valence-corrected chi connectivity index (χ0v) is 33.6. The molecule has 4 aromatic carbocycles. The second-order valence-electron chi connectivity index (χ2n) is 15.0. The van der Waals surface area contributed by atoms with Crippen molar-refractivity contribution >= 4 is 50.9 Å². The molecule has 0 aliphatic heterocycles. The molecular formula is C46H44FN3O6S. The molecule has 6 aromatic rings. The Hall–Kier alpha value is -6.07. The third-order valence-corrected chi connectivity index (χ3v) is 11.2. The van der Waals surface area contributed by atoms with Gasteiger partial charge >= 0.3 is 5.97 Å². The van der Waals surface area contributed by atoms with E-state index >= 15 is 0 Å². The number of para-hydroxylation sites is 1. The molecule has 1 atom stereocenters. The molecule has 11 heteroatoms. The van der Waals surface area contributed by atoms with E-state index in [1.807, 2.05) is 72.1 Å². The lowest BCUT2D eigenvalue weighted by molar-refractivity contribution is -0.121. The highest BCUT2D eigenvalue weighted by Gasteiger charge is 2.36. The van der Waals surface area contributed by atoms with Gasteiger partial charge in [0.1, 0.15) is 5.82 Å². The second-order valence-corrected chi connectivity index (χ2v) is 15.8. The van der Waals surface area contributed by atoms with Crippen molar-refractivity contribution in [2.24, 2.45) is 11.3 Å². The summed E-state index contributed by atoms with van der Waals surface area (Å²) in [6.07, 6.45) is 3.37. The number of allylic oxidation sites excluding steroid dienone is 1. The van der Waals surface area contributed by atoms with Crippen LogP contribution in [-0.4, -0.2) is 49.8 Å². The van der Waals surface area contributed by atoms with Gasteiger partial charge in [-0.05, 0) is 95.0 Å². The summed E-state index contributed by atoms with van der Waals surface area (Å²) in [4.78, 5) is 40.0. The van der Waals surface area contributed by atoms with Gasteiger partial charge in [-0.2, -0.15) is 0 Å². The maximum Gasteiger partial charge on any atom is 0.339 e. The number of hydrogen-bond acceptors (Lipinski definition) is 9. The van der Waals surface area contributed by atoms with E-state index in [0.717, 1.165) is 27.8 Å². The lowest BCUT2D eigenvalue weighted by Gasteiger charge is -2.36. The molecule has 292 valence electrons. The fourth-order valence-corrected chi connectivity index (χ4v) is 8.05. The van der Waals surface area contributed by atoms with Crippen LogP contribution in [0.1, 0.15) is 59.9 Å². The van der Waals surface area contributed by atoms with Crippen LogP contribution >= 0.6 is 11.3 Å². The van der Waals surface area contributed by atoms with Gasteiger partial charge in [-0.3, -0.25) is 9.69 Å². The Morgan fingerprint density at radius 1 is 0.877 bits per heavy atom. The summed E-state index contributed by atoms with van der Waals surface area (Å²) >= 11 is 1.29. The van der Waals surface area contributed by atoms with Gasteiger partial charge in [-0.1, -0.05) is 69.3 Å². The number of pyridine rings is 1. The Kier molecular flexibility index (Phi) is 11.4. The van der Waals surface area contributed by atoms with Crippen LogP contribution in [0.15, 0.2) is 96.4 Å². The number of esters is 1. The van der Waals surface area contributed by atoms with E-state index in [2.05, 4.69) is 26.8 Å². The van der Waals surface area contributed by atoms with Crippen molar-refractivity contribution in [3.05, 3.63) is 130 Å². The zero-order valence-electron chi connectivity index (χ0n) is 32.8. The van der Waals surface area contributed by atoms with Crippen LogP contribution in [0.3, 0.4) is 0 Å². The molecule has 7 rings (SSSR count). The predicted molar refractivity (Wildman–Crippen MR) is 222 cm³/mol. The van der Waals surface area contributed by atoms with Crippen molar-refractivity contribution in [1.29, 1.82) is 0 Å². The van der Waals surface area contributed by atoms with E-state index in [-0.39, 0.29) is 23.7 Å². The van der Waals surface area contributed by atoms with E-state index in [9.17, 15) is 14.0 Å². The molecule has 9 nitrogen and oxygen atoms in total. The van der Waals surface area contributed by atoms with Crippen LogP contribution in [0, 0.1) is 17.2 Å². The average molecular weight is 786 g/mol. The first-order valence-corrected chi connectivity index (χ1v) is 19.5. The number of anilines is 1. The minimum Gasteiger partial charge on any atom is -0.493 e. The molecule has 2 aromatic heterocycles. The van der Waals surface area contributed by atoms with Gasteiger partial charge in [0.2, 0.25) is 5.75 Å².